The van der Waals surface area contributed by atoms with E-state index in [4.69, 9.17) is 9.72 Å². The highest BCUT2D eigenvalue weighted by Gasteiger charge is 2.27. The highest BCUT2D eigenvalue weighted by atomic mass is 32.1. The third-order valence-corrected chi connectivity index (χ3v) is 5.02. The largest absolute Gasteiger partial charge is 0.379 e. The first-order chi connectivity index (χ1) is 9.83. The Morgan fingerprint density at radius 2 is 2.40 bits per heavy atom. The molecule has 1 aliphatic heterocycles. The quantitative estimate of drug-likeness (QED) is 0.913. The molecule has 108 valence electrons. The van der Waals surface area contributed by atoms with Crippen LogP contribution in [0.1, 0.15) is 25.0 Å². The van der Waals surface area contributed by atoms with Gasteiger partial charge in [-0.2, -0.15) is 0 Å². The second-order valence-corrected chi connectivity index (χ2v) is 6.59. The molecule has 2 aliphatic rings. The first-order valence-electron chi connectivity index (χ1n) is 7.31. The molecule has 2 aromatic heterocycles. The molecule has 1 unspecified atom stereocenters. The molecule has 5 nitrogen and oxygen atoms in total. The molecule has 4 rings (SSSR count). The number of nitrogens with one attached hydrogen (secondary N) is 1. The van der Waals surface area contributed by atoms with Crippen molar-refractivity contribution in [1.82, 2.24) is 14.7 Å². The molecular weight excluding hydrogens is 272 g/mol. The molecule has 0 spiro atoms. The predicted octanol–water partition coefficient (Wildman–Crippen LogP) is 1.87. The molecule has 0 amide bonds. The minimum Gasteiger partial charge on any atom is -0.379 e. The Kier molecular flexibility index (Phi) is 3.17. The minimum absolute atomic E-state index is 0.458. The van der Waals surface area contributed by atoms with Crippen molar-refractivity contribution in [2.45, 2.75) is 37.9 Å². The molecule has 3 heterocycles. The summed E-state index contributed by atoms with van der Waals surface area (Å²) in [6.07, 6.45) is 5.84. The van der Waals surface area contributed by atoms with E-state index in [1.807, 2.05) is 0 Å². The van der Waals surface area contributed by atoms with Crippen LogP contribution in [0.2, 0.25) is 0 Å². The fourth-order valence-corrected chi connectivity index (χ4v) is 3.52. The van der Waals surface area contributed by atoms with Crippen LogP contribution in [-0.4, -0.2) is 41.7 Å². The Labute approximate surface area is 122 Å². The summed E-state index contributed by atoms with van der Waals surface area (Å²) in [7, 11) is 2.15. The number of hydrogen-bond donors (Lipinski definition) is 1. The molecule has 20 heavy (non-hydrogen) atoms. The number of aromatic nitrogens is 2. The second kappa shape index (κ2) is 5.02. The molecule has 1 saturated heterocycles. The summed E-state index contributed by atoms with van der Waals surface area (Å²) in [6, 6.07) is 1.17. The monoisotopic (exact) mass is 292 g/mol. The van der Waals surface area contributed by atoms with Gasteiger partial charge in [-0.15, -0.1) is 11.3 Å². The van der Waals surface area contributed by atoms with Crippen LogP contribution in [0.5, 0.6) is 0 Å². The van der Waals surface area contributed by atoms with Gasteiger partial charge in [0.2, 0.25) is 0 Å². The molecule has 1 saturated carbocycles. The zero-order valence-electron chi connectivity index (χ0n) is 11.7. The number of nitrogens with zero attached hydrogens (tertiary/aromatic N) is 3. The van der Waals surface area contributed by atoms with Crippen molar-refractivity contribution in [3.05, 3.63) is 17.3 Å². The number of thiazole rings is 1. The van der Waals surface area contributed by atoms with Crippen molar-refractivity contribution >= 4 is 22.1 Å². The summed E-state index contributed by atoms with van der Waals surface area (Å²) in [5.41, 5.74) is 1.28. The number of ether oxygens (including phenoxy) is 1. The smallest absolute Gasteiger partial charge is 0.195 e. The van der Waals surface area contributed by atoms with E-state index in [0.29, 0.717) is 12.1 Å². The van der Waals surface area contributed by atoms with E-state index < -0.39 is 0 Å². The Hall–Kier alpha value is -1.11. The van der Waals surface area contributed by atoms with Crippen LogP contribution in [0.4, 0.5) is 5.82 Å². The zero-order valence-corrected chi connectivity index (χ0v) is 12.5. The molecule has 1 aliphatic carbocycles. The molecule has 1 atom stereocenters. The highest BCUT2D eigenvalue weighted by molar-refractivity contribution is 7.15. The lowest BCUT2D eigenvalue weighted by Crippen LogP contribution is -2.33. The van der Waals surface area contributed by atoms with Crippen LogP contribution in [0.25, 0.3) is 4.96 Å². The van der Waals surface area contributed by atoms with Crippen molar-refractivity contribution < 1.29 is 4.74 Å². The van der Waals surface area contributed by atoms with Gasteiger partial charge in [0.15, 0.2) is 10.8 Å². The van der Waals surface area contributed by atoms with E-state index >= 15 is 0 Å². The van der Waals surface area contributed by atoms with Gasteiger partial charge in [-0.05, 0) is 19.3 Å². The fraction of sp³-hybridized carbons (Fsp3) is 0.643. The number of hydrogen-bond acceptors (Lipinski definition) is 5. The maximum atomic E-state index is 5.51. The average molecular weight is 292 g/mol. The van der Waals surface area contributed by atoms with Crippen molar-refractivity contribution in [3.63, 3.8) is 0 Å². The minimum atomic E-state index is 0.458. The molecule has 2 fully saturated rings. The Morgan fingerprint density at radius 1 is 1.50 bits per heavy atom. The van der Waals surface area contributed by atoms with Gasteiger partial charge in [0, 0.05) is 37.8 Å². The number of fused-ring (bicyclic) bond motifs is 1. The summed E-state index contributed by atoms with van der Waals surface area (Å²) in [5.74, 6) is 1.11. The van der Waals surface area contributed by atoms with E-state index in [-0.39, 0.29) is 0 Å². The van der Waals surface area contributed by atoms with Gasteiger partial charge in [-0.25, -0.2) is 4.98 Å². The van der Waals surface area contributed by atoms with Crippen LogP contribution >= 0.6 is 11.3 Å². The fourth-order valence-electron chi connectivity index (χ4n) is 2.80. The molecule has 2 aromatic rings. The summed E-state index contributed by atoms with van der Waals surface area (Å²) >= 11 is 1.70. The van der Waals surface area contributed by atoms with Gasteiger partial charge < -0.3 is 15.0 Å². The highest BCUT2D eigenvalue weighted by Crippen LogP contribution is 2.28. The topological polar surface area (TPSA) is 41.8 Å². The van der Waals surface area contributed by atoms with Gasteiger partial charge >= 0.3 is 0 Å². The SMILES string of the molecule is CN(c1nc2sccn2c1CNC1CC1)C1CCOC1. The lowest BCUT2D eigenvalue weighted by molar-refractivity contribution is 0.193. The van der Waals surface area contributed by atoms with Gasteiger partial charge in [0.1, 0.15) is 0 Å². The summed E-state index contributed by atoms with van der Waals surface area (Å²) in [6.45, 7) is 2.58. The van der Waals surface area contributed by atoms with E-state index in [0.717, 1.165) is 37.0 Å². The lowest BCUT2D eigenvalue weighted by atomic mass is 10.2. The maximum Gasteiger partial charge on any atom is 0.195 e. The van der Waals surface area contributed by atoms with Gasteiger partial charge in [-0.3, -0.25) is 4.40 Å². The van der Waals surface area contributed by atoms with E-state index in [1.165, 1.54) is 18.5 Å². The van der Waals surface area contributed by atoms with Crippen LogP contribution in [0.3, 0.4) is 0 Å². The standard InChI is InChI=1S/C14H20N4OS/c1-17(11-4-6-19-9-11)13-12(8-15-10-2-3-10)18-5-7-20-14(18)16-13/h5,7,10-11,15H,2-4,6,8-9H2,1H3. The lowest BCUT2D eigenvalue weighted by Gasteiger charge is -2.24. The number of rotatable bonds is 5. The normalized spacial score (nSPS) is 22.8. The molecule has 0 radical (unpaired) electrons. The van der Waals surface area contributed by atoms with Crippen molar-refractivity contribution in [3.8, 4) is 0 Å². The summed E-state index contributed by atoms with van der Waals surface area (Å²) < 4.78 is 7.74. The average Bonchev–Trinajstić information content (AvgIpc) is 2.90. The van der Waals surface area contributed by atoms with Crippen LogP contribution < -0.4 is 10.2 Å². The molecule has 6 heteroatoms. The number of likely N-dealkylation sites (N-methyl/N-ethyl adjacent to an activating group) is 1. The molecule has 0 bridgehead atoms. The second-order valence-electron chi connectivity index (χ2n) is 5.72. The number of anilines is 1. The van der Waals surface area contributed by atoms with Gasteiger partial charge in [-0.1, -0.05) is 0 Å². The number of imidazole rings is 1. The molecule has 0 aromatic carbocycles. The zero-order chi connectivity index (χ0) is 13.5. The molecular formula is C14H20N4OS. The van der Waals surface area contributed by atoms with Gasteiger partial charge in [0.05, 0.1) is 18.3 Å². The Bertz CT molecular complexity index is 597. The Balaban J connectivity index is 1.64. The van der Waals surface area contributed by atoms with Crippen LogP contribution in [0.15, 0.2) is 11.6 Å². The summed E-state index contributed by atoms with van der Waals surface area (Å²) in [4.78, 5) is 8.21. The van der Waals surface area contributed by atoms with E-state index in [2.05, 4.69) is 33.2 Å². The van der Waals surface area contributed by atoms with Crippen LogP contribution in [0, 0.1) is 0 Å². The first-order valence-corrected chi connectivity index (χ1v) is 8.19. The third-order valence-electron chi connectivity index (χ3n) is 4.26. The van der Waals surface area contributed by atoms with E-state index in [1.54, 1.807) is 11.3 Å². The third kappa shape index (κ3) is 2.21. The van der Waals surface area contributed by atoms with E-state index in [9.17, 15) is 0 Å². The first kappa shape index (κ1) is 12.6. The Morgan fingerprint density at radius 3 is 3.15 bits per heavy atom. The summed E-state index contributed by atoms with van der Waals surface area (Å²) in [5, 5.41) is 5.72. The molecule has 1 N–H and O–H groups in total. The van der Waals surface area contributed by atoms with Crippen LogP contribution in [-0.2, 0) is 11.3 Å². The van der Waals surface area contributed by atoms with Crippen molar-refractivity contribution in [1.29, 1.82) is 0 Å². The predicted molar refractivity (Wildman–Crippen MR) is 80.6 cm³/mol. The maximum absolute atomic E-state index is 5.51. The van der Waals surface area contributed by atoms with Gasteiger partial charge in [0.25, 0.3) is 0 Å². The van der Waals surface area contributed by atoms with Crippen molar-refractivity contribution in [2.75, 3.05) is 25.2 Å². The van der Waals surface area contributed by atoms with Crippen molar-refractivity contribution in [2.24, 2.45) is 0 Å².